The van der Waals surface area contributed by atoms with Crippen molar-refractivity contribution in [3.8, 4) is 0 Å². The normalized spacial score (nSPS) is 23.9. The lowest BCUT2D eigenvalue weighted by Crippen LogP contribution is -2.18. The van der Waals surface area contributed by atoms with Crippen molar-refractivity contribution in [1.82, 2.24) is 0 Å². The Kier molecular flexibility index (Phi) is 6.70. The first kappa shape index (κ1) is 18.4. The molecule has 0 bridgehead atoms. The van der Waals surface area contributed by atoms with Gasteiger partial charge < -0.3 is 15.3 Å². The quantitative estimate of drug-likeness (QED) is 0.502. The van der Waals surface area contributed by atoms with Gasteiger partial charge in [-0.1, -0.05) is 36.4 Å². The van der Waals surface area contributed by atoms with Crippen LogP contribution in [0, 0.1) is 5.92 Å². The minimum Gasteiger partial charge on any atom is -0.481 e. The highest BCUT2D eigenvalue weighted by atomic mass is 16.4. The summed E-state index contributed by atoms with van der Waals surface area (Å²) in [6.45, 7) is -0.0328. The van der Waals surface area contributed by atoms with Gasteiger partial charge in [0.1, 0.15) is 5.78 Å². The molecule has 24 heavy (non-hydrogen) atoms. The molecule has 2 rings (SSSR count). The van der Waals surface area contributed by atoms with Gasteiger partial charge in [0.25, 0.3) is 0 Å². The van der Waals surface area contributed by atoms with Gasteiger partial charge in [-0.3, -0.25) is 9.59 Å². The zero-order valence-corrected chi connectivity index (χ0v) is 13.6. The molecular weight excluding hydrogens is 308 g/mol. The molecule has 0 heterocycles. The van der Waals surface area contributed by atoms with Crippen molar-refractivity contribution >= 4 is 11.8 Å². The monoisotopic (exact) mass is 332 g/mol. The number of aliphatic hydroxyl groups is 2. The van der Waals surface area contributed by atoms with Crippen LogP contribution in [0.15, 0.2) is 36.4 Å². The molecule has 1 aromatic rings. The third-order valence-corrected chi connectivity index (χ3v) is 4.54. The van der Waals surface area contributed by atoms with E-state index in [1.54, 1.807) is 0 Å². The number of benzene rings is 1. The molecule has 1 saturated carbocycles. The van der Waals surface area contributed by atoms with Crippen LogP contribution in [0.1, 0.15) is 49.1 Å². The second kappa shape index (κ2) is 8.76. The van der Waals surface area contributed by atoms with Gasteiger partial charge in [0.15, 0.2) is 0 Å². The van der Waals surface area contributed by atoms with E-state index < -0.39 is 12.1 Å². The summed E-state index contributed by atoms with van der Waals surface area (Å²) in [6, 6.07) is 7.34. The number of carbonyl (C=O) groups excluding carboxylic acids is 1. The Balaban J connectivity index is 1.98. The summed E-state index contributed by atoms with van der Waals surface area (Å²) in [5.74, 6) is -1.22. The molecule has 130 valence electrons. The van der Waals surface area contributed by atoms with Gasteiger partial charge in [-0.05, 0) is 30.4 Å². The Labute approximate surface area is 141 Å². The van der Waals surface area contributed by atoms with Gasteiger partial charge in [0.05, 0.1) is 12.7 Å². The van der Waals surface area contributed by atoms with Gasteiger partial charge >= 0.3 is 5.97 Å². The number of carboxylic acid groups (broad SMARTS) is 1. The van der Waals surface area contributed by atoms with Crippen LogP contribution in [0.25, 0.3) is 0 Å². The minimum absolute atomic E-state index is 0.0328. The lowest BCUT2D eigenvalue weighted by molar-refractivity contribution is -0.137. The summed E-state index contributed by atoms with van der Waals surface area (Å²) in [6.07, 6.45) is 5.27. The van der Waals surface area contributed by atoms with E-state index in [9.17, 15) is 14.7 Å². The number of hydrogen-bond acceptors (Lipinski definition) is 4. The topological polar surface area (TPSA) is 94.8 Å². The summed E-state index contributed by atoms with van der Waals surface area (Å²) in [4.78, 5) is 22.6. The summed E-state index contributed by atoms with van der Waals surface area (Å²) in [7, 11) is 0. The Bertz CT molecular complexity index is 590. The molecule has 0 spiro atoms. The predicted octanol–water partition coefficient (Wildman–Crippen LogP) is 2.41. The van der Waals surface area contributed by atoms with Crippen molar-refractivity contribution in [3.05, 3.63) is 47.5 Å². The number of allylic oxidation sites excluding steroid dienone is 2. The Morgan fingerprint density at radius 2 is 1.92 bits per heavy atom. The number of carboxylic acids is 1. The van der Waals surface area contributed by atoms with Gasteiger partial charge in [-0.2, -0.15) is 0 Å². The number of Topliss-reactive ketones (excluding diaryl/α,β-unsaturated/α-hetero) is 1. The van der Waals surface area contributed by atoms with Crippen molar-refractivity contribution in [2.24, 2.45) is 5.92 Å². The molecule has 3 unspecified atom stereocenters. The molecule has 1 aliphatic rings. The van der Waals surface area contributed by atoms with Crippen LogP contribution in [-0.2, 0) is 16.2 Å². The highest BCUT2D eigenvalue weighted by Crippen LogP contribution is 2.39. The lowest BCUT2D eigenvalue weighted by Gasteiger charge is -2.20. The maximum absolute atomic E-state index is 12.2. The maximum atomic E-state index is 12.2. The number of ketones is 1. The van der Waals surface area contributed by atoms with E-state index in [1.807, 2.05) is 36.4 Å². The van der Waals surface area contributed by atoms with Gasteiger partial charge in [0, 0.05) is 24.7 Å². The van der Waals surface area contributed by atoms with Crippen molar-refractivity contribution < 1.29 is 24.9 Å². The van der Waals surface area contributed by atoms with Crippen LogP contribution in [-0.4, -0.2) is 33.2 Å². The highest BCUT2D eigenvalue weighted by Gasteiger charge is 2.41. The Hall–Kier alpha value is -1.98. The molecule has 1 fully saturated rings. The number of hydrogen-bond donors (Lipinski definition) is 3. The summed E-state index contributed by atoms with van der Waals surface area (Å²) in [5, 5.41) is 28.0. The molecule has 3 atom stereocenters. The average Bonchev–Trinajstić information content (AvgIpc) is 2.84. The third kappa shape index (κ3) is 4.76. The first-order valence-corrected chi connectivity index (χ1v) is 8.30. The molecule has 3 N–H and O–H groups in total. The Morgan fingerprint density at radius 1 is 1.21 bits per heavy atom. The lowest BCUT2D eigenvalue weighted by atomic mass is 9.85. The number of aliphatic carboxylic acids is 1. The molecule has 0 aromatic heterocycles. The second-order valence-electron chi connectivity index (χ2n) is 6.26. The second-order valence-corrected chi connectivity index (χ2v) is 6.26. The summed E-state index contributed by atoms with van der Waals surface area (Å²) < 4.78 is 0. The first-order valence-electron chi connectivity index (χ1n) is 8.30. The minimum atomic E-state index is -0.802. The van der Waals surface area contributed by atoms with Crippen molar-refractivity contribution in [2.45, 2.75) is 50.7 Å². The number of aliphatic hydroxyl groups excluding tert-OH is 2. The molecule has 5 nitrogen and oxygen atoms in total. The van der Waals surface area contributed by atoms with E-state index in [2.05, 4.69) is 0 Å². The highest BCUT2D eigenvalue weighted by molar-refractivity contribution is 5.85. The molecule has 0 radical (unpaired) electrons. The number of rotatable bonds is 8. The summed E-state index contributed by atoms with van der Waals surface area (Å²) in [5.41, 5.74) is 1.71. The zero-order chi connectivity index (χ0) is 17.5. The van der Waals surface area contributed by atoms with Crippen LogP contribution in [0.3, 0.4) is 0 Å². The van der Waals surface area contributed by atoms with E-state index in [0.717, 1.165) is 11.1 Å². The number of unbranched alkanes of at least 4 members (excludes halogenated alkanes) is 1. The molecule has 0 amide bonds. The predicted molar refractivity (Wildman–Crippen MR) is 89.5 cm³/mol. The fraction of sp³-hybridized carbons (Fsp3) is 0.474. The Morgan fingerprint density at radius 3 is 2.54 bits per heavy atom. The fourth-order valence-corrected chi connectivity index (χ4v) is 3.26. The van der Waals surface area contributed by atoms with Crippen LogP contribution >= 0.6 is 0 Å². The molecule has 0 aliphatic heterocycles. The third-order valence-electron chi connectivity index (χ3n) is 4.54. The van der Waals surface area contributed by atoms with Crippen molar-refractivity contribution in [3.63, 3.8) is 0 Å². The standard InChI is InChI=1S/C19H24O5/c20-12-13-7-9-14(10-8-13)19-15(16(21)11-17(19)22)5-3-1-2-4-6-18(23)24/h1,3,7-10,15,17,19-20,22H,2,4-6,11-12H2,(H,23,24)/b3-1-. The largest absolute Gasteiger partial charge is 0.481 e. The van der Waals surface area contributed by atoms with E-state index in [1.165, 1.54) is 0 Å². The molecule has 0 saturated heterocycles. The maximum Gasteiger partial charge on any atom is 0.303 e. The zero-order valence-electron chi connectivity index (χ0n) is 13.6. The van der Waals surface area contributed by atoms with E-state index in [4.69, 9.17) is 10.2 Å². The van der Waals surface area contributed by atoms with Gasteiger partial charge in [0.2, 0.25) is 0 Å². The van der Waals surface area contributed by atoms with Gasteiger partial charge in [-0.25, -0.2) is 0 Å². The van der Waals surface area contributed by atoms with E-state index >= 15 is 0 Å². The van der Waals surface area contributed by atoms with Crippen molar-refractivity contribution in [1.29, 1.82) is 0 Å². The smallest absolute Gasteiger partial charge is 0.303 e. The molecule has 5 heteroatoms. The molecular formula is C19H24O5. The molecule has 1 aliphatic carbocycles. The average molecular weight is 332 g/mol. The SMILES string of the molecule is O=C(O)CCC/C=C\CC1C(=O)CC(O)C1c1ccc(CO)cc1. The van der Waals surface area contributed by atoms with E-state index in [-0.39, 0.29) is 37.1 Å². The van der Waals surface area contributed by atoms with Crippen LogP contribution in [0.5, 0.6) is 0 Å². The first-order chi connectivity index (χ1) is 11.5. The molecule has 1 aromatic carbocycles. The van der Waals surface area contributed by atoms with Crippen LogP contribution in [0.2, 0.25) is 0 Å². The number of carbonyl (C=O) groups is 2. The van der Waals surface area contributed by atoms with Crippen molar-refractivity contribution in [2.75, 3.05) is 0 Å². The van der Waals surface area contributed by atoms with E-state index in [0.29, 0.717) is 19.3 Å². The van der Waals surface area contributed by atoms with Crippen LogP contribution < -0.4 is 0 Å². The van der Waals surface area contributed by atoms with Gasteiger partial charge in [-0.15, -0.1) is 0 Å². The summed E-state index contributed by atoms with van der Waals surface area (Å²) >= 11 is 0. The fourth-order valence-electron chi connectivity index (χ4n) is 3.26. The van der Waals surface area contributed by atoms with Crippen LogP contribution in [0.4, 0.5) is 0 Å².